The number of likely N-dealkylation sites (N-methyl/N-ethyl adjacent to an activating group) is 2. The van der Waals surface area contributed by atoms with Crippen molar-refractivity contribution in [2.24, 2.45) is 23.7 Å². The monoisotopic (exact) mass is 807 g/mol. The Morgan fingerprint density at radius 2 is 1.50 bits per heavy atom. The molecular weight excluding hydrogens is 724 g/mol. The van der Waals surface area contributed by atoms with Crippen molar-refractivity contribution in [2.75, 3.05) is 34.8 Å². The van der Waals surface area contributed by atoms with E-state index in [0.29, 0.717) is 13.0 Å². The Labute approximate surface area is 338 Å². The molecule has 18 atom stereocenters. The smallest absolute Gasteiger partial charge is 0.311 e. The highest BCUT2D eigenvalue weighted by Gasteiger charge is 2.52. The first-order valence-corrected chi connectivity index (χ1v) is 20.9. The summed E-state index contributed by atoms with van der Waals surface area (Å²) in [6, 6.07) is -0.808. The lowest BCUT2D eigenvalue weighted by Gasteiger charge is -2.48. The number of ether oxygens (including phenoxy) is 6. The van der Waals surface area contributed by atoms with E-state index in [-0.39, 0.29) is 37.3 Å². The van der Waals surface area contributed by atoms with Crippen LogP contribution < -0.4 is 0 Å². The van der Waals surface area contributed by atoms with Crippen LogP contribution in [0.5, 0.6) is 0 Å². The van der Waals surface area contributed by atoms with Crippen molar-refractivity contribution in [2.45, 2.75) is 206 Å². The molecule has 3 heterocycles. The maximum atomic E-state index is 14.2. The van der Waals surface area contributed by atoms with Crippen LogP contribution >= 0.6 is 0 Å². The Morgan fingerprint density at radius 1 is 0.929 bits per heavy atom. The van der Waals surface area contributed by atoms with Gasteiger partial charge in [0.15, 0.2) is 12.6 Å². The zero-order valence-corrected chi connectivity index (χ0v) is 37.8. The normalized spacial score (nSPS) is 46.7. The van der Waals surface area contributed by atoms with Crippen molar-refractivity contribution in [1.82, 2.24) is 9.80 Å². The molecule has 332 valence electrons. The molecule has 0 bridgehead atoms. The number of esters is 1. The van der Waals surface area contributed by atoms with E-state index >= 15 is 0 Å². The molecule has 3 rings (SSSR count). The maximum absolute atomic E-state index is 14.2. The minimum absolute atomic E-state index is 0.133. The lowest BCUT2D eigenvalue weighted by Crippen LogP contribution is -2.60. The molecule has 0 amide bonds. The van der Waals surface area contributed by atoms with Gasteiger partial charge in [0.25, 0.3) is 0 Å². The summed E-state index contributed by atoms with van der Waals surface area (Å²) in [5, 5.41) is 58.1. The molecule has 3 aliphatic heterocycles. The number of aliphatic hydroxyl groups is 5. The highest BCUT2D eigenvalue weighted by atomic mass is 16.7. The number of aliphatic hydroxyl groups excluding tert-OH is 3. The van der Waals surface area contributed by atoms with Gasteiger partial charge in [-0.2, -0.15) is 0 Å². The standard InChI is InChI=1S/C38H72N2O12.C4H10/c1-15-27-38(10,46)31(42)24(6)40(13)19-20(2)17-36(8,45)33(52-35-29(41)26(39(11)12)16-21(3)48-35)22(4)30(23(5)34(44)50-27)51-28-18-37(9,47-14)32(43)25(7)49-28;1-4(2)3/h20-33,35,41-43,45-46H,15-19H2,1-14H3;4H,1-3H3. The van der Waals surface area contributed by atoms with Crippen LogP contribution in [0.1, 0.15) is 116 Å². The third-order valence-corrected chi connectivity index (χ3v) is 12.2. The van der Waals surface area contributed by atoms with E-state index in [0.717, 1.165) is 5.92 Å². The van der Waals surface area contributed by atoms with Crippen LogP contribution in [0.25, 0.3) is 0 Å². The van der Waals surface area contributed by atoms with Gasteiger partial charge in [0, 0.05) is 38.1 Å². The first-order valence-electron chi connectivity index (χ1n) is 20.9. The van der Waals surface area contributed by atoms with E-state index in [4.69, 9.17) is 28.4 Å². The number of nitrogens with zero attached hydrogens (tertiary/aromatic N) is 2. The molecule has 18 unspecified atom stereocenters. The van der Waals surface area contributed by atoms with Gasteiger partial charge in [-0.05, 0) is 101 Å². The van der Waals surface area contributed by atoms with Crippen LogP contribution in [0.2, 0.25) is 0 Å². The van der Waals surface area contributed by atoms with Gasteiger partial charge >= 0.3 is 5.97 Å². The molecule has 0 aromatic rings. The Bertz CT molecular complexity index is 1190. The number of carbonyl (C=O) groups excluding carboxylic acids is 1. The van der Waals surface area contributed by atoms with Crippen molar-refractivity contribution < 1.29 is 58.7 Å². The number of carbonyl (C=O) groups is 1. The van der Waals surface area contributed by atoms with Crippen molar-refractivity contribution >= 4 is 5.97 Å². The van der Waals surface area contributed by atoms with Crippen molar-refractivity contribution in [3.05, 3.63) is 0 Å². The second-order valence-electron chi connectivity index (χ2n) is 18.9. The van der Waals surface area contributed by atoms with Crippen LogP contribution in [0.4, 0.5) is 0 Å². The lowest BCUT2D eigenvalue weighted by molar-refractivity contribution is -0.318. The Hall–Kier alpha value is -1.01. The zero-order valence-electron chi connectivity index (χ0n) is 37.8. The molecule has 3 aliphatic rings. The molecule has 3 fully saturated rings. The van der Waals surface area contributed by atoms with E-state index < -0.39 is 96.0 Å². The predicted octanol–water partition coefficient (Wildman–Crippen LogP) is 3.56. The molecular formula is C42H82N2O12. The molecule has 0 aromatic heterocycles. The Morgan fingerprint density at radius 3 is 2.02 bits per heavy atom. The molecule has 14 heteroatoms. The molecule has 0 radical (unpaired) electrons. The van der Waals surface area contributed by atoms with Crippen LogP contribution in [0.3, 0.4) is 0 Å². The summed E-state index contributed by atoms with van der Waals surface area (Å²) in [6.07, 6.45) is -8.19. The predicted molar refractivity (Wildman–Crippen MR) is 215 cm³/mol. The molecule has 56 heavy (non-hydrogen) atoms. The van der Waals surface area contributed by atoms with Gasteiger partial charge < -0.3 is 63.8 Å². The zero-order chi connectivity index (χ0) is 43.2. The average molecular weight is 807 g/mol. The number of hydrogen-bond acceptors (Lipinski definition) is 14. The summed E-state index contributed by atoms with van der Waals surface area (Å²) in [4.78, 5) is 18.0. The van der Waals surface area contributed by atoms with Crippen molar-refractivity contribution in [3.63, 3.8) is 0 Å². The quantitative estimate of drug-likeness (QED) is 0.236. The topological polar surface area (TPSA) is 180 Å². The molecule has 3 saturated heterocycles. The number of methoxy groups -OCH3 is 1. The molecule has 14 nitrogen and oxygen atoms in total. The van der Waals surface area contributed by atoms with Crippen molar-refractivity contribution in [1.29, 1.82) is 0 Å². The molecule has 0 spiro atoms. The second-order valence-corrected chi connectivity index (χ2v) is 18.9. The minimum atomic E-state index is -1.80. The van der Waals surface area contributed by atoms with Crippen LogP contribution in [-0.2, 0) is 33.2 Å². The fraction of sp³-hybridized carbons (Fsp3) is 0.976. The summed E-state index contributed by atoms with van der Waals surface area (Å²) < 4.78 is 37.5. The van der Waals surface area contributed by atoms with Crippen LogP contribution in [0, 0.1) is 23.7 Å². The second kappa shape index (κ2) is 21.0. The van der Waals surface area contributed by atoms with Crippen LogP contribution in [0.15, 0.2) is 0 Å². The van der Waals surface area contributed by atoms with E-state index in [2.05, 4.69) is 20.8 Å². The first kappa shape index (κ1) is 51.1. The summed E-state index contributed by atoms with van der Waals surface area (Å²) >= 11 is 0. The SMILES string of the molecule is CC(C)C.CCC1OC(=O)C(C)C(OC2CC(C)(OC)C(O)C(C)O2)C(C)C(OC2OC(C)CC(N(C)C)C2O)C(C)(O)CC(C)CN(C)C(C)C(O)C1(C)O. The first-order chi connectivity index (χ1) is 25.6. The lowest BCUT2D eigenvalue weighted by atomic mass is 9.77. The fourth-order valence-corrected chi connectivity index (χ4v) is 8.74. The Balaban J connectivity index is 0.00000258. The van der Waals surface area contributed by atoms with E-state index in [1.807, 2.05) is 51.7 Å². The van der Waals surface area contributed by atoms with Gasteiger partial charge in [-0.25, -0.2) is 0 Å². The fourth-order valence-electron chi connectivity index (χ4n) is 8.74. The molecule has 0 aromatic carbocycles. The number of rotatable bonds is 7. The van der Waals surface area contributed by atoms with Crippen LogP contribution in [-0.4, -0.2) is 166 Å². The van der Waals surface area contributed by atoms with Gasteiger partial charge in [-0.1, -0.05) is 41.5 Å². The van der Waals surface area contributed by atoms with Gasteiger partial charge in [-0.3, -0.25) is 4.79 Å². The van der Waals surface area contributed by atoms with E-state index in [1.165, 1.54) is 14.0 Å². The summed E-state index contributed by atoms with van der Waals surface area (Å²) in [6.45, 7) is 24.5. The highest BCUT2D eigenvalue weighted by Crippen LogP contribution is 2.40. The van der Waals surface area contributed by atoms with Gasteiger partial charge in [0.2, 0.25) is 0 Å². The van der Waals surface area contributed by atoms with Gasteiger partial charge in [-0.15, -0.1) is 0 Å². The molecule has 5 N–H and O–H groups in total. The number of cyclic esters (lactones) is 1. The third kappa shape index (κ3) is 12.7. The van der Waals surface area contributed by atoms with Gasteiger partial charge in [0.1, 0.15) is 30.0 Å². The Kier molecular flexibility index (Phi) is 19.2. The molecule has 0 aliphatic carbocycles. The largest absolute Gasteiger partial charge is 0.459 e. The van der Waals surface area contributed by atoms with E-state index in [9.17, 15) is 30.3 Å². The van der Waals surface area contributed by atoms with E-state index in [1.54, 1.807) is 41.5 Å². The van der Waals surface area contributed by atoms with Crippen molar-refractivity contribution in [3.8, 4) is 0 Å². The summed E-state index contributed by atoms with van der Waals surface area (Å²) in [5.74, 6) is -1.75. The summed E-state index contributed by atoms with van der Waals surface area (Å²) in [7, 11) is 7.12. The minimum Gasteiger partial charge on any atom is -0.459 e. The van der Waals surface area contributed by atoms with Gasteiger partial charge in [0.05, 0.1) is 41.5 Å². The number of hydrogen-bond donors (Lipinski definition) is 5. The maximum Gasteiger partial charge on any atom is 0.311 e. The molecule has 0 saturated carbocycles. The summed E-state index contributed by atoms with van der Waals surface area (Å²) in [5.41, 5.74) is -4.37. The average Bonchev–Trinajstić information content (AvgIpc) is 3.09. The highest BCUT2D eigenvalue weighted by molar-refractivity contribution is 5.73. The third-order valence-electron chi connectivity index (χ3n) is 12.2.